The Balaban J connectivity index is 2.71. The highest BCUT2D eigenvalue weighted by Gasteiger charge is 2.22. The highest BCUT2D eigenvalue weighted by atomic mass is 33.1. The van der Waals surface area contributed by atoms with Crippen molar-refractivity contribution in [2.75, 3.05) is 7.05 Å². The molecule has 0 spiro atoms. The molecule has 0 radical (unpaired) electrons. The second kappa shape index (κ2) is 2.03. The molecule has 44 valence electrons. The molecule has 0 bridgehead atoms. The van der Waals surface area contributed by atoms with Crippen LogP contribution in [0, 0.1) is 0 Å². The summed E-state index contributed by atoms with van der Waals surface area (Å²) in [5.74, 6) is 0.0278. The van der Waals surface area contributed by atoms with Crippen LogP contribution in [0.5, 0.6) is 0 Å². The van der Waals surface area contributed by atoms with Crippen LogP contribution in [0.25, 0.3) is 0 Å². The maximum Gasteiger partial charge on any atom is 0.270 e. The summed E-state index contributed by atoms with van der Waals surface area (Å²) >= 11 is 0. The van der Waals surface area contributed by atoms with Crippen molar-refractivity contribution >= 4 is 27.7 Å². The predicted molar refractivity (Wildman–Crippen MR) is 37.1 cm³/mol. The number of carbonyl (C=O) groups excluding carboxylic acids is 1. The fourth-order valence-corrected chi connectivity index (χ4v) is 2.01. The third-order valence-corrected chi connectivity index (χ3v) is 3.11. The fraction of sp³-hybridized carbons (Fsp3) is 0.250. The number of hydrogen-bond acceptors (Lipinski definition) is 3. The minimum Gasteiger partial charge on any atom is -0.275 e. The van der Waals surface area contributed by atoms with Crippen molar-refractivity contribution in [3.8, 4) is 0 Å². The van der Waals surface area contributed by atoms with Gasteiger partial charge in [-0.2, -0.15) is 0 Å². The van der Waals surface area contributed by atoms with Gasteiger partial charge in [0.25, 0.3) is 5.91 Å². The largest absolute Gasteiger partial charge is 0.275 e. The lowest BCUT2D eigenvalue weighted by Crippen LogP contribution is -2.12. The van der Waals surface area contributed by atoms with E-state index in [0.29, 0.717) is 4.91 Å². The van der Waals surface area contributed by atoms with Crippen LogP contribution in [-0.2, 0) is 4.79 Å². The number of carbonyl (C=O) groups is 1. The minimum atomic E-state index is 0.0278. The van der Waals surface area contributed by atoms with Gasteiger partial charge < -0.3 is 0 Å². The van der Waals surface area contributed by atoms with Gasteiger partial charge in [0.05, 0.1) is 4.91 Å². The maximum absolute atomic E-state index is 10.7. The molecule has 1 amide bonds. The van der Waals surface area contributed by atoms with Crippen molar-refractivity contribution in [2.45, 2.75) is 0 Å². The van der Waals surface area contributed by atoms with E-state index in [2.05, 4.69) is 6.58 Å². The zero-order valence-electron chi connectivity index (χ0n) is 4.38. The van der Waals surface area contributed by atoms with Crippen LogP contribution in [-0.4, -0.2) is 17.3 Å². The van der Waals surface area contributed by atoms with Crippen LogP contribution in [0.3, 0.4) is 0 Å². The highest BCUT2D eigenvalue weighted by molar-refractivity contribution is 8.78. The van der Waals surface area contributed by atoms with Crippen LogP contribution in [0.1, 0.15) is 0 Å². The molecule has 2 nitrogen and oxygen atoms in total. The van der Waals surface area contributed by atoms with E-state index in [1.165, 1.54) is 21.8 Å². The van der Waals surface area contributed by atoms with Crippen LogP contribution < -0.4 is 0 Å². The number of amides is 1. The molecule has 8 heavy (non-hydrogen) atoms. The standard InChI is InChI=1S/C4H5NOS2/c1-3-4(6)5(2)8-7-3/h1H2,2H3. The average Bonchev–Trinajstić information content (AvgIpc) is 1.98. The number of likely N-dealkylation sites (N-methyl/N-ethyl adjacent to an activating group) is 1. The predicted octanol–water partition coefficient (Wildman–Crippen LogP) is 1.27. The van der Waals surface area contributed by atoms with E-state index in [1.54, 1.807) is 11.4 Å². The summed E-state index contributed by atoms with van der Waals surface area (Å²) in [6.45, 7) is 3.54. The quantitative estimate of drug-likeness (QED) is 0.292. The van der Waals surface area contributed by atoms with Crippen molar-refractivity contribution in [3.63, 3.8) is 0 Å². The smallest absolute Gasteiger partial charge is 0.270 e. The molecular weight excluding hydrogens is 142 g/mol. The molecule has 0 aromatic carbocycles. The summed E-state index contributed by atoms with van der Waals surface area (Å²) < 4.78 is 1.56. The molecule has 1 fully saturated rings. The normalized spacial score (nSPS) is 20.4. The van der Waals surface area contributed by atoms with Gasteiger partial charge in [-0.05, 0) is 10.8 Å². The summed E-state index contributed by atoms with van der Waals surface area (Å²) in [5, 5.41) is 0. The van der Waals surface area contributed by atoms with Crippen LogP contribution in [0.2, 0.25) is 0 Å². The molecule has 0 aliphatic carbocycles. The van der Waals surface area contributed by atoms with Crippen molar-refractivity contribution in [2.24, 2.45) is 0 Å². The van der Waals surface area contributed by atoms with Gasteiger partial charge in [0, 0.05) is 18.0 Å². The minimum absolute atomic E-state index is 0.0278. The first-order valence-electron chi connectivity index (χ1n) is 2.03. The molecule has 0 unspecified atom stereocenters. The second-order valence-corrected chi connectivity index (χ2v) is 3.69. The number of rotatable bonds is 0. The summed E-state index contributed by atoms with van der Waals surface area (Å²) in [7, 11) is 4.56. The third kappa shape index (κ3) is 0.855. The molecular formula is C4H5NOS2. The maximum atomic E-state index is 10.7. The highest BCUT2D eigenvalue weighted by Crippen LogP contribution is 2.39. The monoisotopic (exact) mass is 147 g/mol. The van der Waals surface area contributed by atoms with Crippen LogP contribution >= 0.6 is 21.8 Å². The molecule has 0 aromatic rings. The van der Waals surface area contributed by atoms with Gasteiger partial charge in [-0.3, -0.25) is 9.10 Å². The first-order chi connectivity index (χ1) is 3.72. The molecule has 1 aliphatic rings. The van der Waals surface area contributed by atoms with Crippen molar-refractivity contribution < 1.29 is 4.79 Å². The van der Waals surface area contributed by atoms with Crippen LogP contribution in [0.15, 0.2) is 11.5 Å². The summed E-state index contributed by atoms with van der Waals surface area (Å²) in [5.41, 5.74) is 0. The van der Waals surface area contributed by atoms with Gasteiger partial charge in [-0.1, -0.05) is 6.58 Å². The molecule has 1 rings (SSSR count). The zero-order chi connectivity index (χ0) is 6.15. The summed E-state index contributed by atoms with van der Waals surface area (Å²) in [6.07, 6.45) is 0. The molecule has 0 saturated carbocycles. The lowest BCUT2D eigenvalue weighted by molar-refractivity contribution is -0.120. The van der Waals surface area contributed by atoms with Gasteiger partial charge in [0.15, 0.2) is 0 Å². The first kappa shape index (κ1) is 6.04. The van der Waals surface area contributed by atoms with Gasteiger partial charge in [0.1, 0.15) is 0 Å². The second-order valence-electron chi connectivity index (χ2n) is 1.38. The Morgan fingerprint density at radius 2 is 2.38 bits per heavy atom. The molecule has 0 N–H and O–H groups in total. The Hall–Kier alpha value is -0.0900. The van der Waals surface area contributed by atoms with E-state index in [1.807, 2.05) is 0 Å². The van der Waals surface area contributed by atoms with E-state index < -0.39 is 0 Å². The van der Waals surface area contributed by atoms with E-state index in [9.17, 15) is 4.79 Å². The summed E-state index contributed by atoms with van der Waals surface area (Å²) in [4.78, 5) is 11.3. The van der Waals surface area contributed by atoms with E-state index >= 15 is 0 Å². The Bertz CT molecular complexity index is 145. The van der Waals surface area contributed by atoms with E-state index in [4.69, 9.17) is 0 Å². The molecule has 4 heteroatoms. The SMILES string of the molecule is C=C1SSN(C)C1=O. The Labute approximate surface area is 55.8 Å². The lowest BCUT2D eigenvalue weighted by Gasteiger charge is -1.99. The van der Waals surface area contributed by atoms with E-state index in [0.717, 1.165) is 0 Å². The molecule has 1 aliphatic heterocycles. The molecule has 0 atom stereocenters. The van der Waals surface area contributed by atoms with Crippen LogP contribution in [0.4, 0.5) is 0 Å². The fourth-order valence-electron chi connectivity index (χ4n) is 0.346. The average molecular weight is 147 g/mol. The van der Waals surface area contributed by atoms with Crippen molar-refractivity contribution in [1.29, 1.82) is 0 Å². The third-order valence-electron chi connectivity index (χ3n) is 0.774. The van der Waals surface area contributed by atoms with Crippen molar-refractivity contribution in [1.82, 2.24) is 4.31 Å². The number of hydrogen-bond donors (Lipinski definition) is 0. The Kier molecular flexibility index (Phi) is 1.53. The molecule has 0 aromatic heterocycles. The van der Waals surface area contributed by atoms with E-state index in [-0.39, 0.29) is 5.91 Å². The topological polar surface area (TPSA) is 20.3 Å². The first-order valence-corrected chi connectivity index (χ1v) is 4.14. The van der Waals surface area contributed by atoms with Gasteiger partial charge in [-0.15, -0.1) is 0 Å². The Morgan fingerprint density at radius 1 is 1.75 bits per heavy atom. The number of nitrogens with zero attached hydrogens (tertiary/aromatic N) is 1. The van der Waals surface area contributed by atoms with Gasteiger partial charge in [0.2, 0.25) is 0 Å². The van der Waals surface area contributed by atoms with Crippen molar-refractivity contribution in [3.05, 3.63) is 11.5 Å². The molecule has 1 saturated heterocycles. The summed E-state index contributed by atoms with van der Waals surface area (Å²) in [6, 6.07) is 0. The molecule has 1 heterocycles. The zero-order valence-corrected chi connectivity index (χ0v) is 6.01. The Morgan fingerprint density at radius 3 is 2.50 bits per heavy atom. The lowest BCUT2D eigenvalue weighted by atomic mass is 10.6. The van der Waals surface area contributed by atoms with Gasteiger partial charge in [-0.25, -0.2) is 0 Å². The van der Waals surface area contributed by atoms with Gasteiger partial charge >= 0.3 is 0 Å².